The van der Waals surface area contributed by atoms with Gasteiger partial charge in [-0.15, -0.1) is 0 Å². The molecule has 1 unspecified atom stereocenters. The summed E-state index contributed by atoms with van der Waals surface area (Å²) >= 11 is 0. The van der Waals surface area contributed by atoms with Gasteiger partial charge in [-0.1, -0.05) is 6.92 Å². The summed E-state index contributed by atoms with van der Waals surface area (Å²) in [6.07, 6.45) is 2.04. The number of likely N-dealkylation sites (tertiary alicyclic amines) is 1. The molecule has 1 saturated heterocycles. The first-order valence-corrected chi connectivity index (χ1v) is 7.75. The number of hydrogen-bond donors (Lipinski definition) is 1. The quantitative estimate of drug-likeness (QED) is 0.728. The average molecular weight is 269 g/mol. The van der Waals surface area contributed by atoms with Crippen molar-refractivity contribution in [1.29, 1.82) is 0 Å². The predicted octanol–water partition coefficient (Wildman–Crippen LogP) is 1.71. The Labute approximate surface area is 118 Å². The molecule has 1 fully saturated rings. The van der Waals surface area contributed by atoms with Gasteiger partial charge in [0.05, 0.1) is 6.04 Å². The minimum absolute atomic E-state index is 0.0616. The molecule has 0 aromatic carbocycles. The maximum absolute atomic E-state index is 12.2. The first kappa shape index (κ1) is 16.4. The van der Waals surface area contributed by atoms with E-state index in [0.717, 1.165) is 39.0 Å². The van der Waals surface area contributed by atoms with Crippen molar-refractivity contribution in [3.8, 4) is 0 Å². The van der Waals surface area contributed by atoms with E-state index in [4.69, 9.17) is 0 Å². The van der Waals surface area contributed by atoms with Gasteiger partial charge in [-0.3, -0.25) is 9.69 Å². The van der Waals surface area contributed by atoms with Crippen LogP contribution < -0.4 is 5.32 Å². The molecule has 1 N–H and O–H groups in total. The highest BCUT2D eigenvalue weighted by Crippen LogP contribution is 2.12. The van der Waals surface area contributed by atoms with Crippen molar-refractivity contribution >= 4 is 5.91 Å². The van der Waals surface area contributed by atoms with Crippen LogP contribution in [0.5, 0.6) is 0 Å². The number of carbonyl (C=O) groups excluding carboxylic acids is 1. The Morgan fingerprint density at radius 2 is 1.95 bits per heavy atom. The second kappa shape index (κ2) is 7.85. The summed E-state index contributed by atoms with van der Waals surface area (Å²) in [5, 5.41) is 3.34. The zero-order chi connectivity index (χ0) is 14.4. The number of amides is 1. The molecule has 0 spiro atoms. The van der Waals surface area contributed by atoms with E-state index in [0.29, 0.717) is 18.0 Å². The maximum atomic E-state index is 12.2. The number of hydrogen-bond acceptors (Lipinski definition) is 3. The molecular weight excluding hydrogens is 238 g/mol. The van der Waals surface area contributed by atoms with Gasteiger partial charge in [-0.2, -0.15) is 0 Å². The van der Waals surface area contributed by atoms with E-state index in [2.05, 4.69) is 44.8 Å². The molecule has 0 saturated carbocycles. The first-order valence-electron chi connectivity index (χ1n) is 7.75. The highest BCUT2D eigenvalue weighted by atomic mass is 16.2. The minimum Gasteiger partial charge on any atom is -0.340 e. The van der Waals surface area contributed by atoms with Crippen LogP contribution in [0, 0.1) is 0 Å². The predicted molar refractivity (Wildman–Crippen MR) is 80.3 cm³/mol. The van der Waals surface area contributed by atoms with Gasteiger partial charge >= 0.3 is 0 Å². The number of rotatable bonds is 8. The SMILES string of the molecule is CCCNC1CCN(CCN(C(C)C)C(C)C)C1=O. The van der Waals surface area contributed by atoms with Gasteiger partial charge < -0.3 is 10.2 Å². The molecule has 1 heterocycles. The average Bonchev–Trinajstić information content (AvgIpc) is 2.67. The molecule has 0 aliphatic carbocycles. The first-order chi connectivity index (χ1) is 8.97. The monoisotopic (exact) mass is 269 g/mol. The zero-order valence-corrected chi connectivity index (χ0v) is 13.3. The van der Waals surface area contributed by atoms with E-state index in [1.807, 2.05) is 4.90 Å². The lowest BCUT2D eigenvalue weighted by Crippen LogP contribution is -2.44. The van der Waals surface area contributed by atoms with Gasteiger partial charge in [0.25, 0.3) is 0 Å². The topological polar surface area (TPSA) is 35.6 Å². The fraction of sp³-hybridized carbons (Fsp3) is 0.933. The van der Waals surface area contributed by atoms with Crippen LogP contribution in [0.25, 0.3) is 0 Å². The zero-order valence-electron chi connectivity index (χ0n) is 13.3. The van der Waals surface area contributed by atoms with Crippen LogP contribution in [0.15, 0.2) is 0 Å². The fourth-order valence-corrected chi connectivity index (χ4v) is 2.82. The molecule has 0 aromatic rings. The second-order valence-corrected chi connectivity index (χ2v) is 6.05. The van der Waals surface area contributed by atoms with Gasteiger partial charge in [0.1, 0.15) is 0 Å². The van der Waals surface area contributed by atoms with E-state index in [-0.39, 0.29) is 6.04 Å². The molecule has 1 rings (SSSR count). The van der Waals surface area contributed by atoms with Crippen molar-refractivity contribution < 1.29 is 4.79 Å². The van der Waals surface area contributed by atoms with Crippen LogP contribution in [0.1, 0.15) is 47.5 Å². The molecule has 0 radical (unpaired) electrons. The Kier molecular flexibility index (Phi) is 6.80. The molecule has 1 aliphatic rings. The molecule has 1 amide bonds. The van der Waals surface area contributed by atoms with Crippen LogP contribution in [0.2, 0.25) is 0 Å². The van der Waals surface area contributed by atoms with Crippen LogP contribution in [-0.2, 0) is 4.79 Å². The van der Waals surface area contributed by atoms with E-state index >= 15 is 0 Å². The molecule has 0 bridgehead atoms. The molecule has 4 heteroatoms. The summed E-state index contributed by atoms with van der Waals surface area (Å²) in [5.41, 5.74) is 0. The highest BCUT2D eigenvalue weighted by molar-refractivity contribution is 5.83. The van der Waals surface area contributed by atoms with Crippen molar-refractivity contribution in [2.24, 2.45) is 0 Å². The normalized spacial score (nSPS) is 20.3. The number of nitrogens with one attached hydrogen (secondary N) is 1. The highest BCUT2D eigenvalue weighted by Gasteiger charge is 2.31. The maximum Gasteiger partial charge on any atom is 0.239 e. The van der Waals surface area contributed by atoms with Crippen LogP contribution in [0.4, 0.5) is 0 Å². The summed E-state index contributed by atoms with van der Waals surface area (Å²) in [6.45, 7) is 14.7. The lowest BCUT2D eigenvalue weighted by Gasteiger charge is -2.32. The van der Waals surface area contributed by atoms with Crippen molar-refractivity contribution in [2.75, 3.05) is 26.2 Å². The van der Waals surface area contributed by atoms with E-state index in [1.54, 1.807) is 0 Å². The Bertz CT molecular complexity index is 271. The lowest BCUT2D eigenvalue weighted by molar-refractivity contribution is -0.129. The fourth-order valence-electron chi connectivity index (χ4n) is 2.82. The summed E-state index contributed by atoms with van der Waals surface area (Å²) in [6, 6.07) is 1.13. The van der Waals surface area contributed by atoms with Crippen LogP contribution in [0.3, 0.4) is 0 Å². The van der Waals surface area contributed by atoms with Crippen molar-refractivity contribution in [1.82, 2.24) is 15.1 Å². The Balaban J connectivity index is 2.40. The summed E-state index contributed by atoms with van der Waals surface area (Å²) in [5.74, 6) is 0.293. The van der Waals surface area contributed by atoms with Crippen molar-refractivity contribution in [2.45, 2.75) is 65.6 Å². The summed E-state index contributed by atoms with van der Waals surface area (Å²) in [7, 11) is 0. The molecule has 1 aliphatic heterocycles. The molecule has 1 atom stereocenters. The number of carbonyl (C=O) groups is 1. The Hall–Kier alpha value is -0.610. The van der Waals surface area contributed by atoms with E-state index < -0.39 is 0 Å². The Morgan fingerprint density at radius 1 is 1.32 bits per heavy atom. The van der Waals surface area contributed by atoms with Crippen molar-refractivity contribution in [3.63, 3.8) is 0 Å². The third-order valence-electron chi connectivity index (χ3n) is 3.89. The molecule has 4 nitrogen and oxygen atoms in total. The van der Waals surface area contributed by atoms with Gasteiger partial charge in [0.2, 0.25) is 5.91 Å². The Morgan fingerprint density at radius 3 is 2.47 bits per heavy atom. The summed E-state index contributed by atoms with van der Waals surface area (Å²) in [4.78, 5) is 16.7. The van der Waals surface area contributed by atoms with Crippen molar-refractivity contribution in [3.05, 3.63) is 0 Å². The summed E-state index contributed by atoms with van der Waals surface area (Å²) < 4.78 is 0. The molecule has 112 valence electrons. The van der Waals surface area contributed by atoms with Gasteiger partial charge in [-0.05, 0) is 47.1 Å². The van der Waals surface area contributed by atoms with Gasteiger partial charge in [-0.25, -0.2) is 0 Å². The third-order valence-corrected chi connectivity index (χ3v) is 3.89. The lowest BCUT2D eigenvalue weighted by atomic mass is 10.2. The molecule has 0 aromatic heterocycles. The van der Waals surface area contributed by atoms with Gasteiger partial charge in [0.15, 0.2) is 0 Å². The van der Waals surface area contributed by atoms with E-state index in [9.17, 15) is 4.79 Å². The van der Waals surface area contributed by atoms with Crippen LogP contribution in [-0.4, -0.2) is 60.0 Å². The third kappa shape index (κ3) is 4.77. The smallest absolute Gasteiger partial charge is 0.239 e. The molecule has 19 heavy (non-hydrogen) atoms. The second-order valence-electron chi connectivity index (χ2n) is 6.05. The standard InChI is InChI=1S/C15H31N3O/c1-6-8-16-14-7-9-17(15(14)19)10-11-18(12(2)3)13(4)5/h12-14,16H,6-11H2,1-5H3. The van der Waals surface area contributed by atoms with Crippen LogP contribution >= 0.6 is 0 Å². The number of nitrogens with zero attached hydrogens (tertiary/aromatic N) is 2. The minimum atomic E-state index is 0.0616. The largest absolute Gasteiger partial charge is 0.340 e. The molecular formula is C15H31N3O. The van der Waals surface area contributed by atoms with Gasteiger partial charge in [0, 0.05) is 31.7 Å². The van der Waals surface area contributed by atoms with E-state index in [1.165, 1.54) is 0 Å².